The van der Waals surface area contributed by atoms with Crippen molar-refractivity contribution in [1.82, 2.24) is 0 Å². The molecule has 0 fully saturated rings. The standard InChI is InChI=1S/C6H6N3O5.H2O4S/c7-14-6-2-1-4(8(10)11)3-5(6)9(12)13;1-5(2,3)4/h1-3H,7H3;(H2,1,2,3,4)/q+1;/p-1. The summed E-state index contributed by atoms with van der Waals surface area (Å²) >= 11 is 0. The Morgan fingerprint density at radius 3 is 2.00 bits per heavy atom. The Morgan fingerprint density at radius 1 is 1.21 bits per heavy atom. The van der Waals surface area contributed by atoms with Gasteiger partial charge in [-0.1, -0.05) is 0 Å². The molecule has 0 amide bonds. The molecule has 0 saturated heterocycles. The van der Waals surface area contributed by atoms with Crippen molar-refractivity contribution in [2.24, 2.45) is 0 Å². The molecule has 0 bridgehead atoms. The van der Waals surface area contributed by atoms with Crippen LogP contribution in [-0.2, 0) is 10.4 Å². The third-order valence-corrected chi connectivity index (χ3v) is 1.51. The van der Waals surface area contributed by atoms with Gasteiger partial charge in [-0.2, -0.15) is 5.90 Å². The number of quaternary nitrogens is 1. The molecule has 12 nitrogen and oxygen atoms in total. The van der Waals surface area contributed by atoms with Crippen LogP contribution >= 0.6 is 0 Å². The molecular weight excluding hydrogens is 290 g/mol. The van der Waals surface area contributed by atoms with Crippen LogP contribution in [0, 0.1) is 20.2 Å². The number of rotatable bonds is 3. The molecule has 106 valence electrons. The molecule has 0 saturated carbocycles. The normalized spacial score (nSPS) is 10.1. The maximum absolute atomic E-state index is 10.4. The molecule has 0 aliphatic rings. The zero-order valence-electron chi connectivity index (χ0n) is 8.96. The Bertz CT molecular complexity index is 576. The van der Waals surface area contributed by atoms with E-state index in [0.717, 1.165) is 18.2 Å². The minimum absolute atomic E-state index is 0.111. The first-order valence-electron chi connectivity index (χ1n) is 4.09. The SMILES string of the molecule is O=S(=O)([O-])O.[NH3+]Oc1ccc([N+](=O)[O-])cc1[N+](=O)[O-]. The molecule has 1 aromatic rings. The summed E-state index contributed by atoms with van der Waals surface area (Å²) in [5.41, 5.74) is -0.841. The van der Waals surface area contributed by atoms with Crippen molar-refractivity contribution >= 4 is 21.8 Å². The van der Waals surface area contributed by atoms with Gasteiger partial charge in [0.1, 0.15) is 0 Å². The lowest BCUT2D eigenvalue weighted by atomic mass is 10.2. The van der Waals surface area contributed by atoms with Crippen LogP contribution in [0.25, 0.3) is 0 Å². The van der Waals surface area contributed by atoms with E-state index < -0.39 is 25.9 Å². The molecule has 0 aromatic heterocycles. The van der Waals surface area contributed by atoms with Gasteiger partial charge in [0.2, 0.25) is 10.4 Å². The second kappa shape index (κ2) is 6.55. The number of nitro benzene ring substituents is 2. The average molecular weight is 297 g/mol. The van der Waals surface area contributed by atoms with E-state index in [9.17, 15) is 20.2 Å². The van der Waals surface area contributed by atoms with Crippen molar-refractivity contribution in [3.63, 3.8) is 0 Å². The van der Waals surface area contributed by atoms with Crippen LogP contribution in [0.2, 0.25) is 0 Å². The van der Waals surface area contributed by atoms with Gasteiger partial charge in [-0.15, -0.1) is 0 Å². The quantitative estimate of drug-likeness (QED) is 0.305. The monoisotopic (exact) mass is 297 g/mol. The van der Waals surface area contributed by atoms with E-state index in [1.54, 1.807) is 0 Å². The lowest BCUT2D eigenvalue weighted by Gasteiger charge is -1.96. The lowest BCUT2D eigenvalue weighted by Crippen LogP contribution is -2.53. The van der Waals surface area contributed by atoms with Gasteiger partial charge in [-0.05, 0) is 0 Å². The summed E-state index contributed by atoms with van der Waals surface area (Å²) in [7, 11) is -4.92. The second-order valence-electron chi connectivity index (χ2n) is 2.74. The zero-order chi connectivity index (χ0) is 15.2. The van der Waals surface area contributed by atoms with Gasteiger partial charge in [0, 0.05) is 12.1 Å². The fourth-order valence-electron chi connectivity index (χ4n) is 0.884. The highest BCUT2D eigenvalue weighted by molar-refractivity contribution is 7.79. The van der Waals surface area contributed by atoms with E-state index in [0.29, 0.717) is 0 Å². The molecule has 4 N–H and O–H groups in total. The first-order chi connectivity index (χ1) is 8.56. The number of hydrogen-bond donors (Lipinski definition) is 2. The highest BCUT2D eigenvalue weighted by Gasteiger charge is 2.21. The Labute approximate surface area is 105 Å². The number of non-ortho nitro benzene ring substituents is 1. The number of benzene rings is 1. The summed E-state index contributed by atoms with van der Waals surface area (Å²) in [6.45, 7) is 0. The van der Waals surface area contributed by atoms with Gasteiger partial charge in [0.05, 0.1) is 15.9 Å². The molecule has 0 heterocycles. The summed E-state index contributed by atoms with van der Waals surface area (Å²) in [6, 6.07) is 3.05. The molecule has 0 unspecified atom stereocenters. The first-order valence-corrected chi connectivity index (χ1v) is 5.46. The molecule has 0 aliphatic heterocycles. The zero-order valence-corrected chi connectivity index (χ0v) is 9.77. The minimum Gasteiger partial charge on any atom is -0.726 e. The fourth-order valence-corrected chi connectivity index (χ4v) is 0.884. The van der Waals surface area contributed by atoms with E-state index in [-0.39, 0.29) is 11.4 Å². The summed E-state index contributed by atoms with van der Waals surface area (Å²) in [4.78, 5) is 23.7. The topological polar surface area (TPSA) is 201 Å². The van der Waals surface area contributed by atoms with Crippen LogP contribution in [0.5, 0.6) is 5.75 Å². The Balaban J connectivity index is 0.000000555. The third kappa shape index (κ3) is 6.84. The van der Waals surface area contributed by atoms with Gasteiger partial charge in [0.25, 0.3) is 11.4 Å². The summed E-state index contributed by atoms with van der Waals surface area (Å²) in [5, 5.41) is 20.7. The van der Waals surface area contributed by atoms with E-state index in [2.05, 4.69) is 10.7 Å². The maximum atomic E-state index is 10.4. The van der Waals surface area contributed by atoms with Crippen molar-refractivity contribution in [3.05, 3.63) is 38.4 Å². The van der Waals surface area contributed by atoms with E-state index in [1.807, 2.05) is 0 Å². The summed E-state index contributed by atoms with van der Waals surface area (Å²) < 4.78 is 32.8. The lowest BCUT2D eigenvalue weighted by molar-refractivity contribution is -0.636. The van der Waals surface area contributed by atoms with Crippen molar-refractivity contribution in [1.29, 1.82) is 0 Å². The molecule has 0 atom stereocenters. The molecule has 1 rings (SSSR count). The van der Waals surface area contributed by atoms with E-state index in [1.165, 1.54) is 0 Å². The van der Waals surface area contributed by atoms with Crippen molar-refractivity contribution in [2.75, 3.05) is 0 Å². The van der Waals surface area contributed by atoms with Crippen LogP contribution in [0.1, 0.15) is 0 Å². The highest BCUT2D eigenvalue weighted by Crippen LogP contribution is 2.29. The Kier molecular flexibility index (Phi) is 5.74. The van der Waals surface area contributed by atoms with E-state index >= 15 is 0 Å². The van der Waals surface area contributed by atoms with Crippen molar-refractivity contribution in [2.45, 2.75) is 0 Å². The second-order valence-corrected chi connectivity index (χ2v) is 3.59. The van der Waals surface area contributed by atoms with Gasteiger partial charge < -0.3 is 9.39 Å². The number of nitro groups is 2. The highest BCUT2D eigenvalue weighted by atomic mass is 32.3. The predicted octanol–water partition coefficient (Wildman–Crippen LogP) is -0.957. The van der Waals surface area contributed by atoms with Crippen LogP contribution in [0.3, 0.4) is 0 Å². The van der Waals surface area contributed by atoms with Crippen LogP contribution in [0.15, 0.2) is 18.2 Å². The van der Waals surface area contributed by atoms with Crippen molar-refractivity contribution in [3.8, 4) is 5.75 Å². The van der Waals surface area contributed by atoms with Gasteiger partial charge in [-0.3, -0.25) is 24.8 Å². The van der Waals surface area contributed by atoms with Gasteiger partial charge >= 0.3 is 5.69 Å². The Morgan fingerprint density at radius 2 is 1.68 bits per heavy atom. The average Bonchev–Trinajstić information content (AvgIpc) is 2.25. The number of hydrogen-bond acceptors (Lipinski definition) is 8. The largest absolute Gasteiger partial charge is 0.726 e. The van der Waals surface area contributed by atoms with E-state index in [4.69, 9.17) is 17.5 Å². The molecule has 1 aromatic carbocycles. The summed E-state index contributed by atoms with van der Waals surface area (Å²) in [6.07, 6.45) is 0. The first kappa shape index (κ1) is 16.6. The molecule has 0 aliphatic carbocycles. The van der Waals surface area contributed by atoms with Crippen LogP contribution in [0.4, 0.5) is 11.4 Å². The fraction of sp³-hybridized carbons (Fsp3) is 0. The summed E-state index contributed by atoms with van der Waals surface area (Å²) in [5.74, 6) is 2.89. The molecular formula is C6H7N3O9S. The Hall–Kier alpha value is -2.35. The third-order valence-electron chi connectivity index (χ3n) is 1.51. The molecule has 0 radical (unpaired) electrons. The van der Waals surface area contributed by atoms with Crippen LogP contribution in [-0.4, -0.2) is 27.4 Å². The van der Waals surface area contributed by atoms with Gasteiger partial charge in [-0.25, -0.2) is 8.42 Å². The number of nitrogens with zero attached hydrogens (tertiary/aromatic N) is 2. The van der Waals surface area contributed by atoms with Gasteiger partial charge in [0.15, 0.2) is 0 Å². The predicted molar refractivity (Wildman–Crippen MR) is 55.6 cm³/mol. The smallest absolute Gasteiger partial charge is 0.324 e. The molecule has 0 spiro atoms. The van der Waals surface area contributed by atoms with Crippen molar-refractivity contribution < 1.29 is 38.1 Å². The molecule has 19 heavy (non-hydrogen) atoms. The minimum atomic E-state index is -4.92. The molecule has 13 heteroatoms. The van der Waals surface area contributed by atoms with Crippen LogP contribution < -0.4 is 10.7 Å². The maximum Gasteiger partial charge on any atom is 0.324 e.